The fourth-order valence-corrected chi connectivity index (χ4v) is 3.34. The molecular weight excluding hydrogens is 439 g/mol. The van der Waals surface area contributed by atoms with Crippen molar-refractivity contribution in [2.75, 3.05) is 19.0 Å². The van der Waals surface area contributed by atoms with Gasteiger partial charge in [-0.05, 0) is 43.3 Å². The Labute approximate surface area is 186 Å². The Bertz CT molecular complexity index is 1090. The van der Waals surface area contributed by atoms with Crippen LogP contribution < -0.4 is 5.32 Å². The number of nitrogens with one attached hydrogen (secondary N) is 1. The van der Waals surface area contributed by atoms with Gasteiger partial charge in [-0.1, -0.05) is 30.0 Å². The van der Waals surface area contributed by atoms with E-state index < -0.39 is 24.6 Å². The van der Waals surface area contributed by atoms with Crippen LogP contribution in [-0.4, -0.2) is 51.7 Å². The molecule has 2 aromatic carbocycles. The molecule has 9 nitrogen and oxygen atoms in total. The van der Waals surface area contributed by atoms with Gasteiger partial charge in [-0.3, -0.25) is 19.5 Å². The van der Waals surface area contributed by atoms with Crippen molar-refractivity contribution in [1.29, 1.82) is 0 Å². The van der Waals surface area contributed by atoms with Gasteiger partial charge in [0.15, 0.2) is 17.6 Å². The average molecular weight is 458 g/mol. The van der Waals surface area contributed by atoms with Gasteiger partial charge in [0, 0.05) is 11.3 Å². The summed E-state index contributed by atoms with van der Waals surface area (Å²) >= 11 is 1.06. The summed E-state index contributed by atoms with van der Waals surface area (Å²) < 4.78 is 24.5. The zero-order valence-corrected chi connectivity index (χ0v) is 17.8. The molecule has 3 aromatic rings. The number of halogens is 1. The molecule has 0 saturated heterocycles. The number of imide groups is 1. The molecule has 166 valence electrons. The van der Waals surface area contributed by atoms with Crippen LogP contribution in [0.3, 0.4) is 0 Å². The van der Waals surface area contributed by atoms with E-state index in [4.69, 9.17) is 4.74 Å². The predicted octanol–water partition coefficient (Wildman–Crippen LogP) is 2.98. The summed E-state index contributed by atoms with van der Waals surface area (Å²) in [6, 6.07) is 15.1. The summed E-state index contributed by atoms with van der Waals surface area (Å²) in [6.45, 7) is 1.08. The highest BCUT2D eigenvalue weighted by Gasteiger charge is 2.18. The number of alkyl carbamates (subject to hydrolysis) is 1. The lowest BCUT2D eigenvalue weighted by Crippen LogP contribution is -2.34. The number of rotatable bonds is 8. The second kappa shape index (κ2) is 11.0. The molecule has 2 amide bonds. The average Bonchev–Trinajstić information content (AvgIpc) is 3.21. The second-order valence-electron chi connectivity index (χ2n) is 6.20. The number of aromatic nitrogens is 3. The molecule has 0 saturated carbocycles. The van der Waals surface area contributed by atoms with E-state index in [1.54, 1.807) is 23.6 Å². The van der Waals surface area contributed by atoms with Crippen LogP contribution in [0.25, 0.3) is 17.1 Å². The summed E-state index contributed by atoms with van der Waals surface area (Å²) in [6.07, 6.45) is -0.910. The van der Waals surface area contributed by atoms with Crippen molar-refractivity contribution in [3.63, 3.8) is 0 Å². The zero-order chi connectivity index (χ0) is 22.9. The first kappa shape index (κ1) is 22.9. The highest BCUT2D eigenvalue weighted by atomic mass is 32.2. The number of hydrogen-bond donors (Lipinski definition) is 1. The van der Waals surface area contributed by atoms with Gasteiger partial charge < -0.3 is 9.47 Å². The van der Waals surface area contributed by atoms with Gasteiger partial charge in [-0.25, -0.2) is 9.18 Å². The first-order chi connectivity index (χ1) is 15.5. The molecule has 1 N–H and O–H groups in total. The van der Waals surface area contributed by atoms with E-state index in [9.17, 15) is 18.8 Å². The Morgan fingerprint density at radius 1 is 1.03 bits per heavy atom. The molecule has 0 unspecified atom stereocenters. The van der Waals surface area contributed by atoms with E-state index in [0.717, 1.165) is 17.4 Å². The number of carbonyl (C=O) groups is 3. The van der Waals surface area contributed by atoms with Gasteiger partial charge in [0.25, 0.3) is 5.91 Å². The van der Waals surface area contributed by atoms with Gasteiger partial charge >= 0.3 is 12.1 Å². The number of esters is 1. The summed E-state index contributed by atoms with van der Waals surface area (Å²) in [7, 11) is 0. The number of thioether (sulfide) groups is 1. The van der Waals surface area contributed by atoms with Crippen molar-refractivity contribution in [2.24, 2.45) is 0 Å². The molecule has 0 fully saturated rings. The standard InChI is InChI=1S/C21H19FN4O5S/c1-2-30-21(29)23-17(27)12-31-18(28)13-32-20-25-24-19(14-8-10-15(22)11-9-14)26(20)16-6-4-3-5-7-16/h3-11H,2,12-13H2,1H3,(H,23,27,29). The smallest absolute Gasteiger partial charge is 0.413 e. The summed E-state index contributed by atoms with van der Waals surface area (Å²) in [5, 5.41) is 10.7. The number of carbonyl (C=O) groups excluding carboxylic acids is 3. The molecule has 0 aliphatic rings. The molecule has 0 bridgehead atoms. The fraction of sp³-hybridized carbons (Fsp3) is 0.190. The SMILES string of the molecule is CCOC(=O)NC(=O)COC(=O)CSc1nnc(-c2ccc(F)cc2)n1-c1ccccc1. The Morgan fingerprint density at radius 2 is 1.75 bits per heavy atom. The molecule has 1 aromatic heterocycles. The van der Waals surface area contributed by atoms with E-state index >= 15 is 0 Å². The number of hydrogen-bond acceptors (Lipinski definition) is 8. The topological polar surface area (TPSA) is 112 Å². The van der Waals surface area contributed by atoms with Crippen LogP contribution >= 0.6 is 11.8 Å². The van der Waals surface area contributed by atoms with E-state index in [-0.39, 0.29) is 18.2 Å². The highest BCUT2D eigenvalue weighted by Crippen LogP contribution is 2.28. The van der Waals surface area contributed by atoms with Gasteiger partial charge in [0.2, 0.25) is 0 Å². The zero-order valence-electron chi connectivity index (χ0n) is 17.0. The molecule has 0 aliphatic heterocycles. The Hall–Kier alpha value is -3.73. The predicted molar refractivity (Wildman–Crippen MR) is 114 cm³/mol. The van der Waals surface area contributed by atoms with Crippen LogP contribution in [-0.2, 0) is 19.1 Å². The third-order valence-corrected chi connectivity index (χ3v) is 4.85. The maximum Gasteiger partial charge on any atom is 0.413 e. The van der Waals surface area contributed by atoms with Gasteiger partial charge in [0.05, 0.1) is 12.4 Å². The molecule has 0 radical (unpaired) electrons. The fourth-order valence-electron chi connectivity index (χ4n) is 2.59. The number of amides is 2. The molecule has 11 heteroatoms. The lowest BCUT2D eigenvalue weighted by Gasteiger charge is -2.10. The maximum absolute atomic E-state index is 13.3. The quantitative estimate of drug-likeness (QED) is 0.405. The number of nitrogens with zero attached hydrogens (tertiary/aromatic N) is 3. The van der Waals surface area contributed by atoms with Crippen molar-refractivity contribution in [2.45, 2.75) is 12.1 Å². The molecular formula is C21H19FN4O5S. The van der Waals surface area contributed by atoms with Crippen LogP contribution in [0.2, 0.25) is 0 Å². The highest BCUT2D eigenvalue weighted by molar-refractivity contribution is 7.99. The van der Waals surface area contributed by atoms with Crippen LogP contribution in [0, 0.1) is 5.82 Å². The van der Waals surface area contributed by atoms with Crippen LogP contribution in [0.4, 0.5) is 9.18 Å². The van der Waals surface area contributed by atoms with Crippen molar-refractivity contribution in [1.82, 2.24) is 20.1 Å². The number of para-hydroxylation sites is 1. The minimum absolute atomic E-state index is 0.109. The lowest BCUT2D eigenvalue weighted by molar-refractivity contribution is -0.145. The summed E-state index contributed by atoms with van der Waals surface area (Å²) in [4.78, 5) is 34.8. The summed E-state index contributed by atoms with van der Waals surface area (Å²) in [5.41, 5.74) is 1.40. The summed E-state index contributed by atoms with van der Waals surface area (Å²) in [5.74, 6) is -1.53. The molecule has 32 heavy (non-hydrogen) atoms. The Kier molecular flexibility index (Phi) is 7.92. The second-order valence-corrected chi connectivity index (χ2v) is 7.14. The van der Waals surface area contributed by atoms with E-state index in [1.165, 1.54) is 12.1 Å². The largest absolute Gasteiger partial charge is 0.455 e. The monoisotopic (exact) mass is 458 g/mol. The van der Waals surface area contributed by atoms with E-state index in [0.29, 0.717) is 16.5 Å². The third-order valence-electron chi connectivity index (χ3n) is 3.95. The van der Waals surface area contributed by atoms with Crippen molar-refractivity contribution >= 4 is 29.7 Å². The normalized spacial score (nSPS) is 10.4. The van der Waals surface area contributed by atoms with Crippen molar-refractivity contribution in [3.05, 3.63) is 60.4 Å². The maximum atomic E-state index is 13.3. The molecule has 1 heterocycles. The van der Waals surface area contributed by atoms with Gasteiger partial charge in [0.1, 0.15) is 5.82 Å². The Morgan fingerprint density at radius 3 is 2.44 bits per heavy atom. The minimum Gasteiger partial charge on any atom is -0.455 e. The van der Waals surface area contributed by atoms with E-state index in [1.807, 2.05) is 35.6 Å². The first-order valence-corrected chi connectivity index (χ1v) is 10.5. The minimum atomic E-state index is -0.910. The first-order valence-electron chi connectivity index (χ1n) is 9.49. The van der Waals surface area contributed by atoms with E-state index in [2.05, 4.69) is 14.9 Å². The van der Waals surface area contributed by atoms with Crippen molar-refractivity contribution in [3.8, 4) is 17.1 Å². The van der Waals surface area contributed by atoms with Crippen LogP contribution in [0.5, 0.6) is 0 Å². The van der Waals surface area contributed by atoms with Gasteiger partial charge in [-0.2, -0.15) is 0 Å². The number of benzene rings is 2. The number of ether oxygens (including phenoxy) is 2. The van der Waals surface area contributed by atoms with Crippen molar-refractivity contribution < 1.29 is 28.2 Å². The third kappa shape index (κ3) is 6.14. The molecule has 3 rings (SSSR count). The molecule has 0 atom stereocenters. The van der Waals surface area contributed by atoms with Crippen LogP contribution in [0.15, 0.2) is 59.8 Å². The molecule has 0 aliphatic carbocycles. The molecule has 0 spiro atoms. The van der Waals surface area contributed by atoms with Gasteiger partial charge in [-0.15, -0.1) is 10.2 Å². The lowest BCUT2D eigenvalue weighted by atomic mass is 10.2. The Balaban J connectivity index is 1.69. The van der Waals surface area contributed by atoms with Crippen LogP contribution in [0.1, 0.15) is 6.92 Å².